The fourth-order valence-electron chi connectivity index (χ4n) is 1.03. The fraction of sp³-hybridized carbons (Fsp3) is 0.182. The summed E-state index contributed by atoms with van der Waals surface area (Å²) in [5.74, 6) is 0.318. The molecule has 1 atom stereocenters. The summed E-state index contributed by atoms with van der Waals surface area (Å²) in [7, 11) is 0. The number of rotatable bonds is 2. The van der Waals surface area contributed by atoms with Crippen molar-refractivity contribution in [3.05, 3.63) is 48.0 Å². The monoisotopic (exact) mass is 157 g/mol. The van der Waals surface area contributed by atoms with E-state index in [0.29, 0.717) is 11.5 Å². The van der Waals surface area contributed by atoms with Crippen molar-refractivity contribution in [2.45, 2.75) is 12.8 Å². The number of benzene rings is 1. The Labute approximate surface area is 73.0 Å². The molecule has 1 heteroatoms. The number of nitrogens with zero attached hydrogens (tertiary/aromatic N) is 1. The van der Waals surface area contributed by atoms with Gasteiger partial charge in [-0.25, -0.2) is 0 Å². The lowest BCUT2D eigenvalue weighted by Gasteiger charge is -2.05. The quantitative estimate of drug-likeness (QED) is 0.605. The lowest BCUT2D eigenvalue weighted by Crippen LogP contribution is -1.88. The highest BCUT2D eigenvalue weighted by Gasteiger charge is 2.00. The SMILES string of the molecule is C=CC(C)c1cccc(C#N)c1. The zero-order chi connectivity index (χ0) is 8.97. The minimum atomic E-state index is 0.318. The third-order valence-corrected chi connectivity index (χ3v) is 1.90. The van der Waals surface area contributed by atoms with Gasteiger partial charge in [0.05, 0.1) is 11.6 Å². The van der Waals surface area contributed by atoms with Gasteiger partial charge in [0.25, 0.3) is 0 Å². The van der Waals surface area contributed by atoms with Crippen LogP contribution in [0.3, 0.4) is 0 Å². The predicted molar refractivity (Wildman–Crippen MR) is 49.8 cm³/mol. The number of allylic oxidation sites excluding steroid dienone is 1. The maximum atomic E-state index is 8.64. The second-order valence-corrected chi connectivity index (χ2v) is 2.76. The topological polar surface area (TPSA) is 23.8 Å². The minimum absolute atomic E-state index is 0.318. The van der Waals surface area contributed by atoms with Gasteiger partial charge >= 0.3 is 0 Å². The molecular formula is C11H11N. The van der Waals surface area contributed by atoms with E-state index in [9.17, 15) is 0 Å². The molecule has 60 valence electrons. The van der Waals surface area contributed by atoms with Crippen LogP contribution < -0.4 is 0 Å². The van der Waals surface area contributed by atoms with Gasteiger partial charge in [0, 0.05) is 0 Å². The molecule has 0 bridgehead atoms. The maximum absolute atomic E-state index is 8.64. The zero-order valence-corrected chi connectivity index (χ0v) is 7.12. The fourth-order valence-corrected chi connectivity index (χ4v) is 1.03. The Morgan fingerprint density at radius 3 is 2.92 bits per heavy atom. The van der Waals surface area contributed by atoms with E-state index >= 15 is 0 Å². The Bertz CT molecular complexity index is 320. The van der Waals surface area contributed by atoms with Gasteiger partial charge in [-0.05, 0) is 23.6 Å². The first-order valence-corrected chi connectivity index (χ1v) is 3.90. The number of hydrogen-bond donors (Lipinski definition) is 0. The van der Waals surface area contributed by atoms with Crippen LogP contribution in [0.15, 0.2) is 36.9 Å². The van der Waals surface area contributed by atoms with Crippen molar-refractivity contribution < 1.29 is 0 Å². The Hall–Kier alpha value is -1.55. The smallest absolute Gasteiger partial charge is 0.0991 e. The largest absolute Gasteiger partial charge is 0.192 e. The van der Waals surface area contributed by atoms with E-state index in [0.717, 1.165) is 5.56 Å². The number of hydrogen-bond acceptors (Lipinski definition) is 1. The molecule has 1 rings (SSSR count). The molecule has 0 aromatic heterocycles. The maximum Gasteiger partial charge on any atom is 0.0991 e. The van der Waals surface area contributed by atoms with Gasteiger partial charge in [-0.2, -0.15) is 5.26 Å². The van der Waals surface area contributed by atoms with Crippen LogP contribution in [0.1, 0.15) is 24.0 Å². The van der Waals surface area contributed by atoms with Gasteiger partial charge in [0.1, 0.15) is 0 Å². The highest BCUT2D eigenvalue weighted by atomic mass is 14.2. The molecule has 0 N–H and O–H groups in total. The van der Waals surface area contributed by atoms with Gasteiger partial charge in [0.2, 0.25) is 0 Å². The van der Waals surface area contributed by atoms with E-state index in [1.54, 1.807) is 6.07 Å². The molecule has 1 aromatic carbocycles. The van der Waals surface area contributed by atoms with Gasteiger partial charge < -0.3 is 0 Å². The van der Waals surface area contributed by atoms with E-state index in [1.165, 1.54) is 0 Å². The van der Waals surface area contributed by atoms with Gasteiger partial charge in [-0.1, -0.05) is 25.1 Å². The first kappa shape index (κ1) is 8.55. The lowest BCUT2D eigenvalue weighted by molar-refractivity contribution is 0.970. The lowest BCUT2D eigenvalue weighted by atomic mass is 10.00. The summed E-state index contributed by atoms with van der Waals surface area (Å²) in [5.41, 5.74) is 1.85. The van der Waals surface area contributed by atoms with Crippen LogP contribution in [-0.2, 0) is 0 Å². The van der Waals surface area contributed by atoms with E-state index < -0.39 is 0 Å². The third-order valence-electron chi connectivity index (χ3n) is 1.90. The van der Waals surface area contributed by atoms with Crippen LogP contribution in [0.5, 0.6) is 0 Å². The highest BCUT2D eigenvalue weighted by molar-refractivity contribution is 5.35. The summed E-state index contributed by atoms with van der Waals surface area (Å²) in [6.45, 7) is 5.77. The molecule has 1 aromatic rings. The van der Waals surface area contributed by atoms with Crippen molar-refractivity contribution in [3.63, 3.8) is 0 Å². The van der Waals surface area contributed by atoms with Crippen molar-refractivity contribution >= 4 is 0 Å². The Kier molecular flexibility index (Phi) is 2.66. The third kappa shape index (κ3) is 1.73. The number of nitriles is 1. The molecule has 0 aliphatic rings. The van der Waals surface area contributed by atoms with Crippen LogP contribution in [0, 0.1) is 11.3 Å². The first-order chi connectivity index (χ1) is 5.77. The highest BCUT2D eigenvalue weighted by Crippen LogP contribution is 2.16. The van der Waals surface area contributed by atoms with Crippen LogP contribution in [-0.4, -0.2) is 0 Å². The molecule has 12 heavy (non-hydrogen) atoms. The minimum Gasteiger partial charge on any atom is -0.192 e. The molecular weight excluding hydrogens is 146 g/mol. The zero-order valence-electron chi connectivity index (χ0n) is 7.12. The van der Waals surface area contributed by atoms with Crippen molar-refractivity contribution in [2.24, 2.45) is 0 Å². The average Bonchev–Trinajstić information content (AvgIpc) is 2.17. The molecule has 0 aliphatic heterocycles. The summed E-state index contributed by atoms with van der Waals surface area (Å²) in [6, 6.07) is 9.72. The van der Waals surface area contributed by atoms with Crippen molar-refractivity contribution in [2.75, 3.05) is 0 Å². The molecule has 0 aliphatic carbocycles. The second-order valence-electron chi connectivity index (χ2n) is 2.76. The molecule has 0 fully saturated rings. The summed E-state index contributed by atoms with van der Waals surface area (Å²) in [4.78, 5) is 0. The summed E-state index contributed by atoms with van der Waals surface area (Å²) < 4.78 is 0. The Morgan fingerprint density at radius 1 is 1.58 bits per heavy atom. The van der Waals surface area contributed by atoms with E-state index in [-0.39, 0.29) is 0 Å². The standard InChI is InChI=1S/C11H11N/c1-3-9(2)11-6-4-5-10(7-11)8-12/h3-7,9H,1H2,2H3. The molecule has 0 spiro atoms. The summed E-state index contributed by atoms with van der Waals surface area (Å²) in [5, 5.41) is 8.64. The molecule has 1 nitrogen and oxygen atoms in total. The van der Waals surface area contributed by atoms with E-state index in [1.807, 2.05) is 24.3 Å². The van der Waals surface area contributed by atoms with E-state index in [4.69, 9.17) is 5.26 Å². The van der Waals surface area contributed by atoms with Crippen molar-refractivity contribution in [1.29, 1.82) is 5.26 Å². The van der Waals surface area contributed by atoms with E-state index in [2.05, 4.69) is 19.6 Å². The molecule has 0 saturated heterocycles. The van der Waals surface area contributed by atoms with Crippen molar-refractivity contribution in [1.82, 2.24) is 0 Å². The Morgan fingerprint density at radius 2 is 2.33 bits per heavy atom. The van der Waals surface area contributed by atoms with Gasteiger partial charge in [-0.3, -0.25) is 0 Å². The summed E-state index contributed by atoms with van der Waals surface area (Å²) in [6.07, 6.45) is 1.87. The van der Waals surface area contributed by atoms with Crippen LogP contribution >= 0.6 is 0 Å². The molecule has 0 radical (unpaired) electrons. The molecule has 0 amide bonds. The van der Waals surface area contributed by atoms with Crippen LogP contribution in [0.25, 0.3) is 0 Å². The average molecular weight is 157 g/mol. The molecule has 0 heterocycles. The van der Waals surface area contributed by atoms with Crippen LogP contribution in [0.2, 0.25) is 0 Å². The summed E-state index contributed by atoms with van der Waals surface area (Å²) >= 11 is 0. The van der Waals surface area contributed by atoms with Crippen molar-refractivity contribution in [3.8, 4) is 6.07 Å². The predicted octanol–water partition coefficient (Wildman–Crippen LogP) is 2.85. The van der Waals surface area contributed by atoms with Gasteiger partial charge in [0.15, 0.2) is 0 Å². The second kappa shape index (κ2) is 3.73. The van der Waals surface area contributed by atoms with Crippen LogP contribution in [0.4, 0.5) is 0 Å². The van der Waals surface area contributed by atoms with Gasteiger partial charge in [-0.15, -0.1) is 6.58 Å². The normalized spacial score (nSPS) is 11.7. The first-order valence-electron chi connectivity index (χ1n) is 3.90. The molecule has 1 unspecified atom stereocenters. The Balaban J connectivity index is 3.03. The molecule has 0 saturated carbocycles.